The predicted molar refractivity (Wildman–Crippen MR) is 74.6 cm³/mol. The summed E-state index contributed by atoms with van der Waals surface area (Å²) in [5, 5.41) is 3.94. The molecule has 0 saturated carbocycles. The Morgan fingerprint density at radius 2 is 2.05 bits per heavy atom. The summed E-state index contributed by atoms with van der Waals surface area (Å²) in [5.41, 5.74) is 0. The second kappa shape index (κ2) is 6.62. The number of aryl methyl sites for hydroxylation is 1. The highest BCUT2D eigenvalue weighted by atomic mass is 16.5. The lowest BCUT2D eigenvalue weighted by Crippen LogP contribution is -2.35. The van der Waals surface area contributed by atoms with Gasteiger partial charge in [-0.25, -0.2) is 9.97 Å². The van der Waals surface area contributed by atoms with E-state index in [9.17, 15) is 0 Å². The Balaban J connectivity index is 1.40. The zero-order valence-electron chi connectivity index (χ0n) is 12.1. The number of aromatic nitrogens is 4. The van der Waals surface area contributed by atoms with Crippen molar-refractivity contribution >= 4 is 0 Å². The second-order valence-electron chi connectivity index (χ2n) is 5.29. The van der Waals surface area contributed by atoms with Crippen LogP contribution in [-0.2, 0) is 6.54 Å². The SMILES string of the molecule is Cc1nc(CN2CCC(COc3ncccn3)CC2)no1. The zero-order valence-corrected chi connectivity index (χ0v) is 12.1. The van der Waals surface area contributed by atoms with Crippen molar-refractivity contribution in [2.45, 2.75) is 26.3 Å². The summed E-state index contributed by atoms with van der Waals surface area (Å²) in [7, 11) is 0. The third-order valence-electron chi connectivity index (χ3n) is 3.63. The molecule has 3 rings (SSSR count). The molecule has 2 aromatic heterocycles. The molecule has 0 amide bonds. The molecule has 7 heteroatoms. The zero-order chi connectivity index (χ0) is 14.5. The summed E-state index contributed by atoms with van der Waals surface area (Å²) in [5.74, 6) is 1.94. The molecule has 3 heterocycles. The van der Waals surface area contributed by atoms with E-state index in [1.807, 2.05) is 6.92 Å². The van der Waals surface area contributed by atoms with Crippen molar-refractivity contribution in [3.63, 3.8) is 0 Å². The Kier molecular flexibility index (Phi) is 4.40. The van der Waals surface area contributed by atoms with Crippen LogP contribution < -0.4 is 4.74 Å². The van der Waals surface area contributed by atoms with Crippen LogP contribution in [0.25, 0.3) is 0 Å². The highest BCUT2D eigenvalue weighted by Crippen LogP contribution is 2.19. The first-order valence-electron chi connectivity index (χ1n) is 7.21. The fraction of sp³-hybridized carbons (Fsp3) is 0.571. The van der Waals surface area contributed by atoms with Crippen molar-refractivity contribution in [2.24, 2.45) is 5.92 Å². The maximum Gasteiger partial charge on any atom is 0.316 e. The van der Waals surface area contributed by atoms with Gasteiger partial charge in [0, 0.05) is 19.3 Å². The molecule has 7 nitrogen and oxygen atoms in total. The summed E-state index contributed by atoms with van der Waals surface area (Å²) in [4.78, 5) is 14.7. The van der Waals surface area contributed by atoms with Gasteiger partial charge in [-0.2, -0.15) is 4.98 Å². The molecular weight excluding hydrogens is 270 g/mol. The van der Waals surface area contributed by atoms with E-state index in [0.29, 0.717) is 24.4 Å². The average Bonchev–Trinajstić information content (AvgIpc) is 2.93. The van der Waals surface area contributed by atoms with Gasteiger partial charge in [0.1, 0.15) is 0 Å². The van der Waals surface area contributed by atoms with Crippen LogP contribution in [0, 0.1) is 12.8 Å². The van der Waals surface area contributed by atoms with Crippen molar-refractivity contribution in [3.8, 4) is 6.01 Å². The Morgan fingerprint density at radius 1 is 1.29 bits per heavy atom. The summed E-state index contributed by atoms with van der Waals surface area (Å²) in [6, 6.07) is 2.24. The van der Waals surface area contributed by atoms with Crippen LogP contribution >= 0.6 is 0 Å². The molecule has 112 valence electrons. The molecule has 0 N–H and O–H groups in total. The molecule has 0 unspecified atom stereocenters. The minimum Gasteiger partial charge on any atom is -0.463 e. The quantitative estimate of drug-likeness (QED) is 0.824. The highest BCUT2D eigenvalue weighted by Gasteiger charge is 2.21. The lowest BCUT2D eigenvalue weighted by Gasteiger charge is -2.30. The first-order chi connectivity index (χ1) is 10.3. The first kappa shape index (κ1) is 13.9. The van der Waals surface area contributed by atoms with E-state index in [-0.39, 0.29) is 0 Å². The van der Waals surface area contributed by atoms with Crippen LogP contribution in [0.3, 0.4) is 0 Å². The molecule has 21 heavy (non-hydrogen) atoms. The van der Waals surface area contributed by atoms with Crippen LogP contribution in [-0.4, -0.2) is 44.7 Å². The van der Waals surface area contributed by atoms with Gasteiger partial charge >= 0.3 is 6.01 Å². The fourth-order valence-electron chi connectivity index (χ4n) is 2.47. The number of rotatable bonds is 5. The molecule has 1 saturated heterocycles. The maximum absolute atomic E-state index is 5.62. The van der Waals surface area contributed by atoms with Crippen molar-refractivity contribution in [1.29, 1.82) is 0 Å². The summed E-state index contributed by atoms with van der Waals surface area (Å²) in [6.07, 6.45) is 5.59. The Labute approximate surface area is 123 Å². The largest absolute Gasteiger partial charge is 0.463 e. The molecule has 0 radical (unpaired) electrons. The number of ether oxygens (including phenoxy) is 1. The van der Waals surface area contributed by atoms with Gasteiger partial charge in [-0.05, 0) is 37.9 Å². The van der Waals surface area contributed by atoms with E-state index in [0.717, 1.165) is 38.3 Å². The molecule has 2 aromatic rings. The maximum atomic E-state index is 5.62. The van der Waals surface area contributed by atoms with Crippen LogP contribution in [0.5, 0.6) is 6.01 Å². The van der Waals surface area contributed by atoms with E-state index >= 15 is 0 Å². The minimum absolute atomic E-state index is 0.460. The number of likely N-dealkylation sites (tertiary alicyclic amines) is 1. The molecule has 0 aliphatic carbocycles. The predicted octanol–water partition coefficient (Wildman–Crippen LogP) is 1.46. The summed E-state index contributed by atoms with van der Waals surface area (Å²) < 4.78 is 10.6. The van der Waals surface area contributed by atoms with Crippen LogP contribution in [0.1, 0.15) is 24.6 Å². The monoisotopic (exact) mass is 289 g/mol. The van der Waals surface area contributed by atoms with Gasteiger partial charge in [0.15, 0.2) is 5.82 Å². The van der Waals surface area contributed by atoms with E-state index < -0.39 is 0 Å². The topological polar surface area (TPSA) is 77.2 Å². The van der Waals surface area contributed by atoms with Crippen LogP contribution in [0.15, 0.2) is 23.0 Å². The fourth-order valence-corrected chi connectivity index (χ4v) is 2.47. The van der Waals surface area contributed by atoms with Crippen LogP contribution in [0.4, 0.5) is 0 Å². The smallest absolute Gasteiger partial charge is 0.316 e. The molecule has 1 fully saturated rings. The van der Waals surface area contributed by atoms with Gasteiger partial charge in [0.2, 0.25) is 5.89 Å². The van der Waals surface area contributed by atoms with Gasteiger partial charge < -0.3 is 9.26 Å². The third kappa shape index (κ3) is 3.98. The third-order valence-corrected chi connectivity index (χ3v) is 3.63. The number of hydrogen-bond donors (Lipinski definition) is 0. The molecule has 0 atom stereocenters. The van der Waals surface area contributed by atoms with E-state index in [1.165, 1.54) is 0 Å². The van der Waals surface area contributed by atoms with Gasteiger partial charge in [-0.1, -0.05) is 5.16 Å². The molecule has 0 bridgehead atoms. The Morgan fingerprint density at radius 3 is 2.71 bits per heavy atom. The van der Waals surface area contributed by atoms with Gasteiger partial charge in [-0.15, -0.1) is 0 Å². The number of hydrogen-bond acceptors (Lipinski definition) is 7. The molecule has 1 aliphatic heterocycles. The number of nitrogens with zero attached hydrogens (tertiary/aromatic N) is 5. The van der Waals surface area contributed by atoms with E-state index in [1.54, 1.807) is 18.5 Å². The number of piperidine rings is 1. The summed E-state index contributed by atoms with van der Waals surface area (Å²) >= 11 is 0. The minimum atomic E-state index is 0.460. The lowest BCUT2D eigenvalue weighted by atomic mass is 9.98. The molecule has 1 aliphatic rings. The normalized spacial score (nSPS) is 17.0. The van der Waals surface area contributed by atoms with Gasteiger partial charge in [0.05, 0.1) is 13.2 Å². The van der Waals surface area contributed by atoms with E-state index in [2.05, 4.69) is 25.0 Å². The highest BCUT2D eigenvalue weighted by molar-refractivity contribution is 4.93. The van der Waals surface area contributed by atoms with Gasteiger partial charge in [-0.3, -0.25) is 4.90 Å². The van der Waals surface area contributed by atoms with Crippen molar-refractivity contribution < 1.29 is 9.26 Å². The van der Waals surface area contributed by atoms with Crippen molar-refractivity contribution in [2.75, 3.05) is 19.7 Å². The first-order valence-corrected chi connectivity index (χ1v) is 7.21. The molecule has 0 spiro atoms. The van der Waals surface area contributed by atoms with Crippen LogP contribution in [0.2, 0.25) is 0 Å². The van der Waals surface area contributed by atoms with E-state index in [4.69, 9.17) is 9.26 Å². The second-order valence-corrected chi connectivity index (χ2v) is 5.29. The van der Waals surface area contributed by atoms with Gasteiger partial charge in [0.25, 0.3) is 0 Å². The lowest BCUT2D eigenvalue weighted by molar-refractivity contribution is 0.129. The molecular formula is C14H19N5O2. The van der Waals surface area contributed by atoms with Crippen molar-refractivity contribution in [3.05, 3.63) is 30.2 Å². The standard InChI is InChI=1S/C14H19N5O2/c1-11-17-13(18-21-11)9-19-7-3-12(4-8-19)10-20-14-15-5-2-6-16-14/h2,5-6,12H,3-4,7-10H2,1H3. The van der Waals surface area contributed by atoms with Crippen molar-refractivity contribution in [1.82, 2.24) is 25.0 Å². The molecule has 0 aromatic carbocycles. The average molecular weight is 289 g/mol. The Hall–Kier alpha value is -2.02. The summed E-state index contributed by atoms with van der Waals surface area (Å²) in [6.45, 7) is 5.30. The Bertz CT molecular complexity index is 552.